The Balaban J connectivity index is 1.77. The summed E-state index contributed by atoms with van der Waals surface area (Å²) >= 11 is 1.63. The molecule has 2 N–H and O–H groups in total. The standard InChI is InChI=1S/C17H23N3O2S/c1-4-16-20-14(11-23-16)10-18-17(21)19-12(2)8-13-6-5-7-15(9-13)22-3/h5-7,9,11-12H,4,8,10H2,1-3H3,(H2,18,19,21). The highest BCUT2D eigenvalue weighted by molar-refractivity contribution is 7.09. The van der Waals surface area contributed by atoms with Crippen molar-refractivity contribution in [1.29, 1.82) is 0 Å². The van der Waals surface area contributed by atoms with Gasteiger partial charge in [0.25, 0.3) is 0 Å². The average molecular weight is 333 g/mol. The van der Waals surface area contributed by atoms with Gasteiger partial charge in [0, 0.05) is 11.4 Å². The highest BCUT2D eigenvalue weighted by Gasteiger charge is 2.09. The number of thiazole rings is 1. The van der Waals surface area contributed by atoms with E-state index in [1.807, 2.05) is 36.6 Å². The van der Waals surface area contributed by atoms with E-state index >= 15 is 0 Å². The van der Waals surface area contributed by atoms with Crippen LogP contribution < -0.4 is 15.4 Å². The Hall–Kier alpha value is -2.08. The number of urea groups is 1. The summed E-state index contributed by atoms with van der Waals surface area (Å²) in [7, 11) is 1.65. The molecule has 1 aromatic heterocycles. The fourth-order valence-electron chi connectivity index (χ4n) is 2.24. The summed E-state index contributed by atoms with van der Waals surface area (Å²) < 4.78 is 5.21. The van der Waals surface area contributed by atoms with E-state index in [2.05, 4.69) is 22.5 Å². The van der Waals surface area contributed by atoms with Crippen LogP contribution in [-0.2, 0) is 19.4 Å². The molecule has 0 spiro atoms. The van der Waals surface area contributed by atoms with Crippen molar-refractivity contribution in [3.8, 4) is 5.75 Å². The van der Waals surface area contributed by atoms with E-state index in [1.165, 1.54) is 0 Å². The Bertz CT molecular complexity index is 642. The first-order chi connectivity index (χ1) is 11.1. The second-order valence-electron chi connectivity index (χ2n) is 5.37. The number of hydrogen-bond acceptors (Lipinski definition) is 4. The van der Waals surface area contributed by atoms with Crippen LogP contribution in [0.4, 0.5) is 4.79 Å². The highest BCUT2D eigenvalue weighted by Crippen LogP contribution is 2.14. The average Bonchev–Trinajstić information content (AvgIpc) is 3.01. The van der Waals surface area contributed by atoms with Crippen molar-refractivity contribution < 1.29 is 9.53 Å². The van der Waals surface area contributed by atoms with Crippen LogP contribution in [0.15, 0.2) is 29.6 Å². The summed E-state index contributed by atoms with van der Waals surface area (Å²) in [4.78, 5) is 16.4. The third-order valence-electron chi connectivity index (χ3n) is 3.39. The third kappa shape index (κ3) is 5.56. The molecule has 2 amide bonds. The van der Waals surface area contributed by atoms with E-state index in [0.29, 0.717) is 6.54 Å². The number of nitrogens with one attached hydrogen (secondary N) is 2. The molecule has 2 rings (SSSR count). The molecule has 0 saturated carbocycles. The molecule has 23 heavy (non-hydrogen) atoms. The van der Waals surface area contributed by atoms with E-state index in [4.69, 9.17) is 4.74 Å². The monoisotopic (exact) mass is 333 g/mol. The van der Waals surface area contributed by atoms with Gasteiger partial charge in [-0.2, -0.15) is 0 Å². The summed E-state index contributed by atoms with van der Waals surface area (Å²) in [5.74, 6) is 0.828. The first-order valence-corrected chi connectivity index (χ1v) is 8.59. The first kappa shape index (κ1) is 17.3. The Morgan fingerprint density at radius 2 is 2.26 bits per heavy atom. The molecule has 1 unspecified atom stereocenters. The highest BCUT2D eigenvalue weighted by atomic mass is 32.1. The summed E-state index contributed by atoms with van der Waals surface area (Å²) in [6.45, 7) is 4.51. The summed E-state index contributed by atoms with van der Waals surface area (Å²) in [5, 5.41) is 8.86. The molecule has 0 aliphatic carbocycles. The van der Waals surface area contributed by atoms with Crippen LogP contribution >= 0.6 is 11.3 Å². The maximum Gasteiger partial charge on any atom is 0.315 e. The van der Waals surface area contributed by atoms with Gasteiger partial charge < -0.3 is 15.4 Å². The number of rotatable bonds is 7. The maximum atomic E-state index is 11.9. The zero-order chi connectivity index (χ0) is 16.7. The van der Waals surface area contributed by atoms with Gasteiger partial charge in [0.05, 0.1) is 24.4 Å². The molecule has 5 nitrogen and oxygen atoms in total. The number of carbonyl (C=O) groups is 1. The Labute approximate surface area is 141 Å². The van der Waals surface area contributed by atoms with Crippen molar-refractivity contribution in [2.45, 2.75) is 39.3 Å². The van der Waals surface area contributed by atoms with Gasteiger partial charge in [0.1, 0.15) is 5.75 Å². The van der Waals surface area contributed by atoms with E-state index in [-0.39, 0.29) is 12.1 Å². The van der Waals surface area contributed by atoms with E-state index in [1.54, 1.807) is 18.4 Å². The van der Waals surface area contributed by atoms with E-state index < -0.39 is 0 Å². The van der Waals surface area contributed by atoms with Crippen molar-refractivity contribution in [2.75, 3.05) is 7.11 Å². The number of aromatic nitrogens is 1. The molecule has 0 radical (unpaired) electrons. The van der Waals surface area contributed by atoms with Crippen molar-refractivity contribution in [3.63, 3.8) is 0 Å². The number of benzene rings is 1. The number of amides is 2. The normalized spacial score (nSPS) is 11.8. The first-order valence-electron chi connectivity index (χ1n) is 7.71. The van der Waals surface area contributed by atoms with Crippen LogP contribution in [0.2, 0.25) is 0 Å². The zero-order valence-electron chi connectivity index (χ0n) is 13.8. The minimum Gasteiger partial charge on any atom is -0.497 e. The van der Waals surface area contributed by atoms with E-state index in [0.717, 1.165) is 34.9 Å². The molecule has 6 heteroatoms. The molecule has 1 atom stereocenters. The number of carbonyl (C=O) groups excluding carboxylic acids is 1. The predicted molar refractivity (Wildman–Crippen MR) is 93.0 cm³/mol. The lowest BCUT2D eigenvalue weighted by Gasteiger charge is -2.15. The second kappa shape index (κ2) is 8.53. The van der Waals surface area contributed by atoms with Crippen LogP contribution in [0.3, 0.4) is 0 Å². The molecule has 0 fully saturated rings. The van der Waals surface area contributed by atoms with Gasteiger partial charge in [0.15, 0.2) is 0 Å². The Kier molecular flexibility index (Phi) is 6.40. The summed E-state index contributed by atoms with van der Waals surface area (Å²) in [6, 6.07) is 7.73. The molecule has 1 aromatic carbocycles. The van der Waals surface area contributed by atoms with Gasteiger partial charge in [-0.15, -0.1) is 11.3 Å². The fourth-order valence-corrected chi connectivity index (χ4v) is 2.99. The van der Waals surface area contributed by atoms with Crippen LogP contribution in [0.5, 0.6) is 5.75 Å². The van der Waals surface area contributed by atoms with Crippen LogP contribution in [0.25, 0.3) is 0 Å². The molecule has 1 heterocycles. The van der Waals surface area contributed by atoms with Crippen molar-refractivity contribution >= 4 is 17.4 Å². The van der Waals surface area contributed by atoms with Gasteiger partial charge in [-0.1, -0.05) is 19.1 Å². The van der Waals surface area contributed by atoms with Crippen LogP contribution in [0.1, 0.15) is 30.1 Å². The molecule has 0 saturated heterocycles. The summed E-state index contributed by atoms with van der Waals surface area (Å²) in [6.07, 6.45) is 1.68. The molecule has 0 aliphatic heterocycles. The third-order valence-corrected chi connectivity index (χ3v) is 4.43. The lowest BCUT2D eigenvalue weighted by Crippen LogP contribution is -2.41. The summed E-state index contributed by atoms with van der Waals surface area (Å²) in [5.41, 5.74) is 2.03. The predicted octanol–water partition coefficient (Wildman–Crippen LogP) is 3.14. The second-order valence-corrected chi connectivity index (χ2v) is 6.31. The topological polar surface area (TPSA) is 63.2 Å². The number of methoxy groups -OCH3 is 1. The van der Waals surface area contributed by atoms with Crippen molar-refractivity contribution in [3.05, 3.63) is 45.9 Å². The van der Waals surface area contributed by atoms with Gasteiger partial charge in [-0.3, -0.25) is 0 Å². The van der Waals surface area contributed by atoms with Crippen LogP contribution in [0, 0.1) is 0 Å². The smallest absolute Gasteiger partial charge is 0.315 e. The fraction of sp³-hybridized carbons (Fsp3) is 0.412. The quantitative estimate of drug-likeness (QED) is 0.818. The molecular formula is C17H23N3O2S. The molecule has 0 aliphatic rings. The molecule has 0 bridgehead atoms. The Morgan fingerprint density at radius 3 is 2.96 bits per heavy atom. The van der Waals surface area contributed by atoms with Crippen molar-refractivity contribution in [2.24, 2.45) is 0 Å². The minimum absolute atomic E-state index is 0.0312. The molecular weight excluding hydrogens is 310 g/mol. The SMILES string of the molecule is CCc1nc(CNC(=O)NC(C)Cc2cccc(OC)c2)cs1. The minimum atomic E-state index is -0.175. The number of aryl methyl sites for hydroxylation is 1. The largest absolute Gasteiger partial charge is 0.497 e. The van der Waals surface area contributed by atoms with Crippen LogP contribution in [-0.4, -0.2) is 24.2 Å². The number of ether oxygens (including phenoxy) is 1. The molecule has 124 valence electrons. The lowest BCUT2D eigenvalue weighted by atomic mass is 10.1. The van der Waals surface area contributed by atoms with Gasteiger partial charge in [0.2, 0.25) is 0 Å². The number of nitrogens with zero attached hydrogens (tertiary/aromatic N) is 1. The zero-order valence-corrected chi connectivity index (χ0v) is 14.6. The molecule has 2 aromatic rings. The van der Waals surface area contributed by atoms with Crippen molar-refractivity contribution in [1.82, 2.24) is 15.6 Å². The van der Waals surface area contributed by atoms with Gasteiger partial charge >= 0.3 is 6.03 Å². The number of hydrogen-bond donors (Lipinski definition) is 2. The van der Waals surface area contributed by atoms with E-state index in [9.17, 15) is 4.79 Å². The maximum absolute atomic E-state index is 11.9. The lowest BCUT2D eigenvalue weighted by molar-refractivity contribution is 0.237. The Morgan fingerprint density at radius 1 is 1.43 bits per heavy atom. The van der Waals surface area contributed by atoms with Gasteiger partial charge in [-0.05, 0) is 37.5 Å². The van der Waals surface area contributed by atoms with Gasteiger partial charge in [-0.25, -0.2) is 9.78 Å².